The summed E-state index contributed by atoms with van der Waals surface area (Å²) in [6, 6.07) is 7.02. The number of nitrogens with two attached hydrogens (primary N) is 1. The van der Waals surface area contributed by atoms with E-state index in [1.165, 1.54) is 25.1 Å². The molecule has 1 aromatic rings. The molecular weight excluding hydrogens is 254 g/mol. The molecule has 0 aliphatic carbocycles. The molecule has 7 heteroatoms. The highest BCUT2D eigenvalue weighted by atomic mass is 32.2. The molecule has 0 aromatic heterocycles. The third kappa shape index (κ3) is 3.55. The lowest BCUT2D eigenvalue weighted by Gasteiger charge is -2.13. The van der Waals surface area contributed by atoms with Crippen LogP contribution >= 0.6 is 0 Å². The molecule has 0 radical (unpaired) electrons. The first kappa shape index (κ1) is 14.2. The number of nitrogens with one attached hydrogen (secondary N) is 1. The fraction of sp³-hybridized carbons (Fsp3) is 0.273. The fourth-order valence-corrected chi connectivity index (χ4v) is 2.87. The van der Waals surface area contributed by atoms with Crippen LogP contribution in [0.4, 0.5) is 0 Å². The van der Waals surface area contributed by atoms with Crippen LogP contribution in [0, 0.1) is 11.3 Å². The average Bonchev–Trinajstić information content (AvgIpc) is 2.27. The molecule has 0 aliphatic heterocycles. The molecule has 1 amide bonds. The summed E-state index contributed by atoms with van der Waals surface area (Å²) in [6.45, 7) is 1.53. The van der Waals surface area contributed by atoms with Gasteiger partial charge in [-0.15, -0.1) is 0 Å². The Hall–Kier alpha value is -1.91. The van der Waals surface area contributed by atoms with Crippen molar-refractivity contribution in [1.29, 1.82) is 5.26 Å². The lowest BCUT2D eigenvalue weighted by molar-refractivity contribution is -0.118. The zero-order chi connectivity index (χ0) is 13.8. The number of primary amides is 1. The monoisotopic (exact) mass is 267 g/mol. The second kappa shape index (κ2) is 5.62. The number of carbonyl (C=O) groups excluding carboxylic acids is 1. The first-order valence-corrected chi connectivity index (χ1v) is 6.65. The molecule has 1 rings (SSSR count). The largest absolute Gasteiger partial charge is 0.370 e. The summed E-state index contributed by atoms with van der Waals surface area (Å²) < 4.78 is 26.3. The lowest BCUT2D eigenvalue weighted by Crippen LogP contribution is -2.36. The van der Waals surface area contributed by atoms with Crippen molar-refractivity contribution in [2.45, 2.75) is 24.3 Å². The van der Waals surface area contributed by atoms with E-state index in [0.29, 0.717) is 0 Å². The topological polar surface area (TPSA) is 113 Å². The summed E-state index contributed by atoms with van der Waals surface area (Å²) >= 11 is 0. The van der Waals surface area contributed by atoms with Crippen molar-refractivity contribution >= 4 is 15.9 Å². The predicted octanol–water partition coefficient (Wildman–Crippen LogP) is 0.100. The molecule has 1 atom stereocenters. The van der Waals surface area contributed by atoms with Crippen molar-refractivity contribution in [3.63, 3.8) is 0 Å². The van der Waals surface area contributed by atoms with Crippen LogP contribution in [-0.2, 0) is 14.8 Å². The van der Waals surface area contributed by atoms with E-state index < -0.39 is 22.0 Å². The average molecular weight is 267 g/mol. The Bertz CT molecular complexity index is 590. The van der Waals surface area contributed by atoms with Crippen LogP contribution in [0.2, 0.25) is 0 Å². The van der Waals surface area contributed by atoms with Crippen LogP contribution in [0.3, 0.4) is 0 Å². The van der Waals surface area contributed by atoms with Crippen LogP contribution in [0.5, 0.6) is 0 Å². The highest BCUT2D eigenvalue weighted by Gasteiger charge is 2.21. The SMILES string of the molecule is CC(CC(N)=O)NS(=O)(=O)c1ccccc1C#N. The molecule has 3 N–H and O–H groups in total. The van der Waals surface area contributed by atoms with Crippen LogP contribution < -0.4 is 10.5 Å². The van der Waals surface area contributed by atoms with Gasteiger partial charge in [0.15, 0.2) is 0 Å². The van der Waals surface area contributed by atoms with Crippen LogP contribution in [0.25, 0.3) is 0 Å². The van der Waals surface area contributed by atoms with Crippen molar-refractivity contribution in [3.8, 4) is 6.07 Å². The summed E-state index contributed by atoms with van der Waals surface area (Å²) in [7, 11) is -3.83. The molecule has 0 aliphatic rings. The quantitative estimate of drug-likeness (QED) is 0.787. The van der Waals surface area contributed by atoms with Gasteiger partial charge in [0.25, 0.3) is 0 Å². The standard InChI is InChI=1S/C11H13N3O3S/c1-8(6-11(13)15)14-18(16,17)10-5-3-2-4-9(10)7-12/h2-5,8,14H,6H2,1H3,(H2,13,15). The minimum atomic E-state index is -3.83. The maximum atomic E-state index is 12.0. The van der Waals surface area contributed by atoms with Gasteiger partial charge < -0.3 is 5.73 Å². The first-order valence-electron chi connectivity index (χ1n) is 5.16. The van der Waals surface area contributed by atoms with Gasteiger partial charge in [0.05, 0.1) is 10.5 Å². The summed E-state index contributed by atoms with van der Waals surface area (Å²) in [5.74, 6) is -0.598. The van der Waals surface area contributed by atoms with Gasteiger partial charge >= 0.3 is 0 Å². The number of carbonyl (C=O) groups is 1. The summed E-state index contributed by atoms with van der Waals surface area (Å²) in [4.78, 5) is 10.6. The smallest absolute Gasteiger partial charge is 0.242 e. The summed E-state index contributed by atoms with van der Waals surface area (Å²) in [5, 5.41) is 8.84. The molecule has 0 bridgehead atoms. The number of hydrogen-bond donors (Lipinski definition) is 2. The van der Waals surface area contributed by atoms with E-state index >= 15 is 0 Å². The molecule has 0 fully saturated rings. The third-order valence-electron chi connectivity index (χ3n) is 2.16. The minimum absolute atomic E-state index is 0.0521. The van der Waals surface area contributed by atoms with Gasteiger partial charge in [0, 0.05) is 12.5 Å². The zero-order valence-electron chi connectivity index (χ0n) is 9.75. The number of nitriles is 1. The maximum Gasteiger partial charge on any atom is 0.242 e. The molecule has 96 valence electrons. The second-order valence-corrected chi connectivity index (χ2v) is 5.48. The van der Waals surface area contributed by atoms with Crippen LogP contribution in [-0.4, -0.2) is 20.4 Å². The van der Waals surface area contributed by atoms with Gasteiger partial charge in [-0.3, -0.25) is 4.79 Å². The van der Waals surface area contributed by atoms with Crippen molar-refractivity contribution in [3.05, 3.63) is 29.8 Å². The third-order valence-corrected chi connectivity index (χ3v) is 3.81. The number of sulfonamides is 1. The van der Waals surface area contributed by atoms with Crippen molar-refractivity contribution < 1.29 is 13.2 Å². The molecular formula is C11H13N3O3S. The van der Waals surface area contributed by atoms with E-state index in [0.717, 1.165) is 0 Å². The Morgan fingerprint density at radius 3 is 2.67 bits per heavy atom. The summed E-state index contributed by atoms with van der Waals surface area (Å²) in [5.41, 5.74) is 5.03. The minimum Gasteiger partial charge on any atom is -0.370 e. The summed E-state index contributed by atoms with van der Waals surface area (Å²) in [6.07, 6.45) is -0.103. The molecule has 0 heterocycles. The predicted molar refractivity (Wildman–Crippen MR) is 64.8 cm³/mol. The lowest BCUT2D eigenvalue weighted by atomic mass is 10.2. The van der Waals surface area contributed by atoms with Crippen molar-refractivity contribution in [2.75, 3.05) is 0 Å². The Morgan fingerprint density at radius 1 is 1.50 bits per heavy atom. The molecule has 18 heavy (non-hydrogen) atoms. The fourth-order valence-electron chi connectivity index (χ4n) is 1.47. The van der Waals surface area contributed by atoms with Gasteiger partial charge in [-0.25, -0.2) is 13.1 Å². The van der Waals surface area contributed by atoms with E-state index in [4.69, 9.17) is 11.0 Å². The second-order valence-electron chi connectivity index (χ2n) is 3.80. The number of amides is 1. The van der Waals surface area contributed by atoms with Crippen molar-refractivity contribution in [2.24, 2.45) is 5.73 Å². The number of hydrogen-bond acceptors (Lipinski definition) is 4. The van der Waals surface area contributed by atoms with Crippen molar-refractivity contribution in [1.82, 2.24) is 4.72 Å². The Labute approximate surface area is 105 Å². The van der Waals surface area contributed by atoms with Gasteiger partial charge in [-0.1, -0.05) is 12.1 Å². The maximum absolute atomic E-state index is 12.0. The normalized spacial score (nSPS) is 12.7. The number of rotatable bonds is 5. The van der Waals surface area contributed by atoms with Gasteiger partial charge in [0.2, 0.25) is 15.9 Å². The molecule has 6 nitrogen and oxygen atoms in total. The van der Waals surface area contributed by atoms with Gasteiger partial charge in [-0.05, 0) is 19.1 Å². The van der Waals surface area contributed by atoms with E-state index in [1.54, 1.807) is 12.1 Å². The zero-order valence-corrected chi connectivity index (χ0v) is 10.6. The van der Waals surface area contributed by atoms with E-state index in [2.05, 4.69) is 4.72 Å². The molecule has 1 aromatic carbocycles. The Kier molecular flexibility index (Phi) is 4.42. The van der Waals surface area contributed by atoms with Gasteiger partial charge in [0.1, 0.15) is 6.07 Å². The number of nitrogens with zero attached hydrogens (tertiary/aromatic N) is 1. The van der Waals surface area contributed by atoms with Gasteiger partial charge in [-0.2, -0.15) is 5.26 Å². The highest BCUT2D eigenvalue weighted by Crippen LogP contribution is 2.14. The number of benzene rings is 1. The first-order chi connectivity index (χ1) is 8.36. The van der Waals surface area contributed by atoms with Crippen LogP contribution in [0.15, 0.2) is 29.2 Å². The molecule has 1 unspecified atom stereocenters. The molecule has 0 spiro atoms. The van der Waals surface area contributed by atoms with E-state index in [-0.39, 0.29) is 16.9 Å². The van der Waals surface area contributed by atoms with E-state index in [9.17, 15) is 13.2 Å². The van der Waals surface area contributed by atoms with E-state index in [1.807, 2.05) is 0 Å². The molecule has 0 saturated carbocycles. The Morgan fingerprint density at radius 2 is 2.11 bits per heavy atom. The Balaban J connectivity index is 3.01. The van der Waals surface area contributed by atoms with Crippen LogP contribution in [0.1, 0.15) is 18.9 Å². The highest BCUT2D eigenvalue weighted by molar-refractivity contribution is 7.89. The molecule has 0 saturated heterocycles.